The molecule has 1 fully saturated rings. The number of aryl methyl sites for hydroxylation is 1. The lowest BCUT2D eigenvalue weighted by atomic mass is 9.99. The van der Waals surface area contributed by atoms with Crippen LogP contribution in [0.2, 0.25) is 5.02 Å². The number of amides is 1. The van der Waals surface area contributed by atoms with E-state index in [9.17, 15) is 4.79 Å². The number of piperidine rings is 1. The molecule has 0 radical (unpaired) electrons. The summed E-state index contributed by atoms with van der Waals surface area (Å²) in [6, 6.07) is 16.2. The highest BCUT2D eigenvalue weighted by atomic mass is 35.5. The minimum absolute atomic E-state index is 0.0777. The Morgan fingerprint density at radius 1 is 1.12 bits per heavy atom. The molecule has 1 aliphatic rings. The van der Waals surface area contributed by atoms with Crippen molar-refractivity contribution in [2.45, 2.75) is 39.2 Å². The summed E-state index contributed by atoms with van der Waals surface area (Å²) in [4.78, 5) is 14.5. The molecule has 1 N–H and O–H groups in total. The van der Waals surface area contributed by atoms with Crippen molar-refractivity contribution in [1.29, 1.82) is 0 Å². The van der Waals surface area contributed by atoms with Crippen LogP contribution < -0.4 is 10.2 Å². The lowest BCUT2D eigenvalue weighted by molar-refractivity contribution is -0.121. The van der Waals surface area contributed by atoms with Gasteiger partial charge in [-0.25, -0.2) is 0 Å². The van der Waals surface area contributed by atoms with Crippen LogP contribution in [0.1, 0.15) is 37.3 Å². The molecule has 3 rings (SSSR count). The van der Waals surface area contributed by atoms with Crippen LogP contribution in [-0.2, 0) is 17.8 Å². The zero-order chi connectivity index (χ0) is 18.4. The molecule has 0 aromatic heterocycles. The molecule has 26 heavy (non-hydrogen) atoms. The average Bonchev–Trinajstić information content (AvgIpc) is 2.66. The summed E-state index contributed by atoms with van der Waals surface area (Å²) in [5.74, 6) is 0.845. The highest BCUT2D eigenvalue weighted by Gasteiger charge is 2.16. The molecule has 1 amide bonds. The SMILES string of the molecule is C[C@H]1CCCN(c2ccc(CNC(=O)CCc3ccc(Cl)cc3)cc2)C1. The Balaban J connectivity index is 1.44. The van der Waals surface area contributed by atoms with Crippen molar-refractivity contribution < 1.29 is 4.79 Å². The molecule has 1 atom stereocenters. The maximum atomic E-state index is 12.1. The number of hydrogen-bond acceptors (Lipinski definition) is 2. The van der Waals surface area contributed by atoms with Gasteiger partial charge in [-0.3, -0.25) is 4.79 Å². The summed E-state index contributed by atoms with van der Waals surface area (Å²) in [5.41, 5.74) is 3.55. The average molecular weight is 371 g/mol. The van der Waals surface area contributed by atoms with Gasteiger partial charge in [0.1, 0.15) is 0 Å². The molecule has 138 valence electrons. The van der Waals surface area contributed by atoms with Crippen molar-refractivity contribution in [1.82, 2.24) is 5.32 Å². The molecule has 1 saturated heterocycles. The number of rotatable bonds is 6. The van der Waals surface area contributed by atoms with Crippen LogP contribution in [0.4, 0.5) is 5.69 Å². The zero-order valence-corrected chi connectivity index (χ0v) is 16.1. The summed E-state index contributed by atoms with van der Waals surface area (Å²) in [6.07, 6.45) is 3.82. The van der Waals surface area contributed by atoms with Gasteiger partial charge in [-0.15, -0.1) is 0 Å². The van der Waals surface area contributed by atoms with Gasteiger partial charge in [0.15, 0.2) is 0 Å². The predicted octanol–water partition coefficient (Wildman–Crippen LogP) is 4.83. The van der Waals surface area contributed by atoms with E-state index in [0.717, 1.165) is 41.6 Å². The third kappa shape index (κ3) is 5.50. The van der Waals surface area contributed by atoms with Crippen molar-refractivity contribution >= 4 is 23.2 Å². The van der Waals surface area contributed by atoms with Gasteiger partial charge in [-0.2, -0.15) is 0 Å². The number of anilines is 1. The number of halogens is 1. The molecule has 0 bridgehead atoms. The summed E-state index contributed by atoms with van der Waals surface area (Å²) in [7, 11) is 0. The molecular formula is C22H27ClN2O. The fourth-order valence-electron chi connectivity index (χ4n) is 3.45. The van der Waals surface area contributed by atoms with Crippen molar-refractivity contribution in [3.05, 3.63) is 64.7 Å². The molecule has 3 nitrogen and oxygen atoms in total. The van der Waals surface area contributed by atoms with Crippen molar-refractivity contribution in [3.63, 3.8) is 0 Å². The second-order valence-corrected chi connectivity index (χ2v) is 7.70. The Bertz CT molecular complexity index is 712. The first-order chi connectivity index (χ1) is 12.6. The van der Waals surface area contributed by atoms with Gasteiger partial charge in [-0.05, 0) is 60.6 Å². The van der Waals surface area contributed by atoms with E-state index in [2.05, 4.69) is 41.4 Å². The lowest BCUT2D eigenvalue weighted by Gasteiger charge is -2.32. The molecule has 0 unspecified atom stereocenters. The number of benzene rings is 2. The van der Waals surface area contributed by atoms with Gasteiger partial charge < -0.3 is 10.2 Å². The normalized spacial score (nSPS) is 17.2. The molecule has 4 heteroatoms. The molecular weight excluding hydrogens is 344 g/mol. The van der Waals surface area contributed by atoms with E-state index >= 15 is 0 Å². The summed E-state index contributed by atoms with van der Waals surface area (Å²) in [6.45, 7) is 5.18. The molecule has 2 aromatic carbocycles. The van der Waals surface area contributed by atoms with Crippen molar-refractivity contribution in [2.24, 2.45) is 5.92 Å². The van der Waals surface area contributed by atoms with E-state index in [4.69, 9.17) is 11.6 Å². The van der Waals surface area contributed by atoms with E-state index in [-0.39, 0.29) is 5.91 Å². The van der Waals surface area contributed by atoms with Crippen LogP contribution >= 0.6 is 11.6 Å². The van der Waals surface area contributed by atoms with E-state index in [0.29, 0.717) is 13.0 Å². The van der Waals surface area contributed by atoms with Gasteiger partial charge in [0.2, 0.25) is 5.91 Å². The number of hydrogen-bond donors (Lipinski definition) is 1. The molecule has 0 aliphatic carbocycles. The minimum atomic E-state index is 0.0777. The Morgan fingerprint density at radius 3 is 2.50 bits per heavy atom. The maximum Gasteiger partial charge on any atom is 0.220 e. The number of carbonyl (C=O) groups is 1. The first-order valence-corrected chi connectivity index (χ1v) is 9.83. The van der Waals surface area contributed by atoms with Gasteiger partial charge >= 0.3 is 0 Å². The highest BCUT2D eigenvalue weighted by Crippen LogP contribution is 2.23. The molecule has 2 aromatic rings. The quantitative estimate of drug-likeness (QED) is 0.790. The molecule has 1 aliphatic heterocycles. The largest absolute Gasteiger partial charge is 0.371 e. The Hall–Kier alpha value is -2.00. The molecule has 0 saturated carbocycles. The van der Waals surface area contributed by atoms with E-state index in [1.54, 1.807) is 0 Å². The first kappa shape index (κ1) is 18.8. The monoisotopic (exact) mass is 370 g/mol. The van der Waals surface area contributed by atoms with Crippen LogP contribution in [-0.4, -0.2) is 19.0 Å². The minimum Gasteiger partial charge on any atom is -0.371 e. The number of nitrogens with one attached hydrogen (secondary N) is 1. The van der Waals surface area contributed by atoms with Gasteiger partial charge in [0, 0.05) is 36.8 Å². The fourth-order valence-corrected chi connectivity index (χ4v) is 3.57. The summed E-state index contributed by atoms with van der Waals surface area (Å²) in [5, 5.41) is 3.73. The smallest absolute Gasteiger partial charge is 0.220 e. The van der Waals surface area contributed by atoms with E-state index in [1.807, 2.05) is 24.3 Å². The van der Waals surface area contributed by atoms with Crippen LogP contribution in [0, 0.1) is 5.92 Å². The maximum absolute atomic E-state index is 12.1. The van der Waals surface area contributed by atoms with E-state index in [1.165, 1.54) is 18.5 Å². The predicted molar refractivity (Wildman–Crippen MR) is 109 cm³/mol. The van der Waals surface area contributed by atoms with Crippen LogP contribution in [0.5, 0.6) is 0 Å². The lowest BCUT2D eigenvalue weighted by Crippen LogP contribution is -2.34. The third-order valence-electron chi connectivity index (χ3n) is 5.00. The Morgan fingerprint density at radius 2 is 1.81 bits per heavy atom. The van der Waals surface area contributed by atoms with Gasteiger partial charge in [0.25, 0.3) is 0 Å². The van der Waals surface area contributed by atoms with E-state index < -0.39 is 0 Å². The van der Waals surface area contributed by atoms with Gasteiger partial charge in [0.05, 0.1) is 0 Å². The van der Waals surface area contributed by atoms with Crippen molar-refractivity contribution in [2.75, 3.05) is 18.0 Å². The number of nitrogens with zero attached hydrogens (tertiary/aromatic N) is 1. The molecule has 1 heterocycles. The van der Waals surface area contributed by atoms with Crippen LogP contribution in [0.25, 0.3) is 0 Å². The fraction of sp³-hybridized carbons (Fsp3) is 0.409. The second-order valence-electron chi connectivity index (χ2n) is 7.26. The van der Waals surface area contributed by atoms with Crippen molar-refractivity contribution in [3.8, 4) is 0 Å². The Labute approximate surface area is 161 Å². The first-order valence-electron chi connectivity index (χ1n) is 9.45. The zero-order valence-electron chi connectivity index (χ0n) is 15.4. The summed E-state index contributed by atoms with van der Waals surface area (Å²) < 4.78 is 0. The Kier molecular flexibility index (Phi) is 6.56. The highest BCUT2D eigenvalue weighted by molar-refractivity contribution is 6.30. The van der Waals surface area contributed by atoms with Crippen LogP contribution in [0.3, 0.4) is 0 Å². The summed E-state index contributed by atoms with van der Waals surface area (Å²) >= 11 is 5.88. The van der Waals surface area contributed by atoms with Crippen LogP contribution in [0.15, 0.2) is 48.5 Å². The molecule has 0 spiro atoms. The second kappa shape index (κ2) is 9.09. The standard InChI is InChI=1S/C22H27ClN2O/c1-17-3-2-14-25(16-17)21-11-6-19(7-12-21)15-24-22(26)13-8-18-4-9-20(23)10-5-18/h4-7,9-12,17H,2-3,8,13-16H2,1H3,(H,24,26)/t17-/m0/s1. The van der Waals surface area contributed by atoms with Gasteiger partial charge in [-0.1, -0.05) is 42.8 Å². The topological polar surface area (TPSA) is 32.3 Å². The number of carbonyl (C=O) groups excluding carboxylic acids is 1. The third-order valence-corrected chi connectivity index (χ3v) is 5.25.